The number of hydrogen-bond acceptors (Lipinski definition) is 5. The average Bonchev–Trinajstić information content (AvgIpc) is 2.72. The van der Waals surface area contributed by atoms with Crippen molar-refractivity contribution in [3.05, 3.63) is 59.3 Å². The number of amides is 1. The number of nitrogens with one attached hydrogen (secondary N) is 1. The molecule has 6 nitrogen and oxygen atoms in total. The highest BCUT2D eigenvalue weighted by Gasteiger charge is 2.19. The van der Waals surface area contributed by atoms with Crippen molar-refractivity contribution in [3.63, 3.8) is 0 Å². The first-order valence-electron chi connectivity index (χ1n) is 10.1. The van der Waals surface area contributed by atoms with Gasteiger partial charge in [-0.3, -0.25) is 4.79 Å². The van der Waals surface area contributed by atoms with Crippen molar-refractivity contribution in [2.24, 2.45) is 0 Å². The summed E-state index contributed by atoms with van der Waals surface area (Å²) in [4.78, 5) is 17.2. The maximum absolute atomic E-state index is 12.7. The molecule has 0 bridgehead atoms. The van der Waals surface area contributed by atoms with Gasteiger partial charge in [0.25, 0.3) is 0 Å². The third-order valence-corrected chi connectivity index (χ3v) is 5.58. The summed E-state index contributed by atoms with van der Waals surface area (Å²) < 4.78 is 10.6. The van der Waals surface area contributed by atoms with E-state index >= 15 is 0 Å². The van der Waals surface area contributed by atoms with E-state index in [2.05, 4.69) is 40.9 Å². The highest BCUT2D eigenvalue weighted by Crippen LogP contribution is 2.30. The van der Waals surface area contributed by atoms with Gasteiger partial charge in [0.05, 0.1) is 27.2 Å². The number of ether oxygens (including phenoxy) is 2. The molecule has 1 fully saturated rings. The highest BCUT2D eigenvalue weighted by molar-refractivity contribution is 5.94. The molecular weight excluding hydrogens is 378 g/mol. The summed E-state index contributed by atoms with van der Waals surface area (Å²) in [6, 6.07) is 9.80. The Morgan fingerprint density at radius 1 is 1.07 bits per heavy atom. The predicted octanol–water partition coefficient (Wildman–Crippen LogP) is 3.77. The molecular formula is C24H31N3O3. The Bertz CT molecular complexity index is 932. The molecule has 0 atom stereocenters. The molecule has 1 saturated heterocycles. The Hall–Kier alpha value is -3.15. The normalized spacial score (nSPS) is 14.0. The number of carbonyl (C=O) groups excluding carboxylic acids is 1. The van der Waals surface area contributed by atoms with Gasteiger partial charge in [0, 0.05) is 37.2 Å². The molecule has 0 saturated carbocycles. The number of hydrogen-bond donors (Lipinski definition) is 1. The lowest BCUT2D eigenvalue weighted by Gasteiger charge is -2.37. The van der Waals surface area contributed by atoms with Crippen LogP contribution in [-0.2, 0) is 11.2 Å². The van der Waals surface area contributed by atoms with E-state index in [-0.39, 0.29) is 12.3 Å². The van der Waals surface area contributed by atoms with Gasteiger partial charge >= 0.3 is 0 Å². The minimum absolute atomic E-state index is 0.0610. The Morgan fingerprint density at radius 3 is 2.33 bits per heavy atom. The molecule has 0 aromatic heterocycles. The Morgan fingerprint density at radius 2 is 1.73 bits per heavy atom. The second-order valence-corrected chi connectivity index (χ2v) is 7.78. The van der Waals surface area contributed by atoms with E-state index in [1.807, 2.05) is 32.0 Å². The number of piperazine rings is 1. The van der Waals surface area contributed by atoms with Gasteiger partial charge in [-0.15, -0.1) is 0 Å². The molecule has 0 radical (unpaired) electrons. The Kier molecular flexibility index (Phi) is 6.55. The largest absolute Gasteiger partial charge is 0.493 e. The fraction of sp³-hybridized carbons (Fsp3) is 0.375. The summed E-state index contributed by atoms with van der Waals surface area (Å²) in [5.41, 5.74) is 6.12. The van der Waals surface area contributed by atoms with Crippen molar-refractivity contribution in [3.8, 4) is 11.5 Å². The Balaban J connectivity index is 1.72. The molecule has 0 aliphatic carbocycles. The molecule has 160 valence electrons. The standard InChI is InChI=1S/C24H31N3O3/c1-16-11-20(27-10-9-26(4)18(3)15-27)12-17(2)24(16)25-23(28)14-19-7-8-21(29-5)22(13-19)30-6/h7-8,11-13H,3,9-10,14-15H2,1-2,4-6H3,(H,25,28). The van der Waals surface area contributed by atoms with Crippen LogP contribution in [0.1, 0.15) is 16.7 Å². The van der Waals surface area contributed by atoms with E-state index < -0.39 is 0 Å². The monoisotopic (exact) mass is 409 g/mol. The summed E-state index contributed by atoms with van der Waals surface area (Å²) in [6.45, 7) is 11.0. The molecule has 2 aromatic carbocycles. The highest BCUT2D eigenvalue weighted by atomic mass is 16.5. The van der Waals surface area contributed by atoms with Gasteiger partial charge in [0.2, 0.25) is 5.91 Å². The van der Waals surface area contributed by atoms with Crippen LogP contribution in [0.15, 0.2) is 42.6 Å². The number of methoxy groups -OCH3 is 2. The first-order chi connectivity index (χ1) is 14.3. The zero-order valence-electron chi connectivity index (χ0n) is 18.5. The minimum atomic E-state index is -0.0610. The third kappa shape index (κ3) is 4.70. The van der Waals surface area contributed by atoms with Crippen molar-refractivity contribution < 1.29 is 14.3 Å². The van der Waals surface area contributed by atoms with Crippen LogP contribution in [0.2, 0.25) is 0 Å². The lowest BCUT2D eigenvalue weighted by atomic mass is 10.1. The first kappa shape index (κ1) is 21.6. The second kappa shape index (κ2) is 9.11. The number of nitrogens with zero attached hydrogens (tertiary/aromatic N) is 2. The summed E-state index contributed by atoms with van der Waals surface area (Å²) in [5, 5.41) is 3.08. The second-order valence-electron chi connectivity index (χ2n) is 7.78. The zero-order valence-corrected chi connectivity index (χ0v) is 18.5. The summed E-state index contributed by atoms with van der Waals surface area (Å²) >= 11 is 0. The van der Waals surface area contributed by atoms with Crippen LogP contribution in [0.25, 0.3) is 0 Å². The van der Waals surface area contributed by atoms with E-state index in [0.29, 0.717) is 11.5 Å². The molecule has 0 unspecified atom stereocenters. The third-order valence-electron chi connectivity index (χ3n) is 5.58. The zero-order chi connectivity index (χ0) is 21.8. The van der Waals surface area contributed by atoms with E-state index in [1.54, 1.807) is 14.2 Å². The number of rotatable bonds is 6. The van der Waals surface area contributed by atoms with Crippen LogP contribution >= 0.6 is 0 Å². The van der Waals surface area contributed by atoms with Crippen molar-refractivity contribution >= 4 is 17.3 Å². The van der Waals surface area contributed by atoms with Crippen LogP contribution in [-0.4, -0.2) is 51.7 Å². The van der Waals surface area contributed by atoms with E-state index in [0.717, 1.165) is 53.4 Å². The Labute approximate surface area is 179 Å². The van der Waals surface area contributed by atoms with Gasteiger partial charge < -0.3 is 24.6 Å². The average molecular weight is 410 g/mol. The number of benzene rings is 2. The molecule has 0 spiro atoms. The number of carbonyl (C=O) groups is 1. The molecule has 1 aliphatic heterocycles. The lowest BCUT2D eigenvalue weighted by molar-refractivity contribution is -0.115. The molecule has 3 rings (SSSR count). The van der Waals surface area contributed by atoms with Crippen LogP contribution in [0.3, 0.4) is 0 Å². The summed E-state index contributed by atoms with van der Waals surface area (Å²) in [7, 11) is 5.26. The summed E-state index contributed by atoms with van der Waals surface area (Å²) in [5.74, 6) is 1.21. The fourth-order valence-electron chi connectivity index (χ4n) is 3.75. The molecule has 30 heavy (non-hydrogen) atoms. The van der Waals surface area contributed by atoms with E-state index in [1.165, 1.54) is 0 Å². The SMILES string of the molecule is C=C1CN(c2cc(C)c(NC(=O)Cc3ccc(OC)c(OC)c3)c(C)c2)CCN1C. The van der Waals surface area contributed by atoms with Crippen LogP contribution < -0.4 is 19.7 Å². The minimum Gasteiger partial charge on any atom is -0.493 e. The van der Waals surface area contributed by atoms with Crippen LogP contribution in [0.4, 0.5) is 11.4 Å². The van der Waals surface area contributed by atoms with Gasteiger partial charge in [0.15, 0.2) is 11.5 Å². The van der Waals surface area contributed by atoms with E-state index in [4.69, 9.17) is 9.47 Å². The molecule has 6 heteroatoms. The number of anilines is 2. The lowest BCUT2D eigenvalue weighted by Crippen LogP contribution is -2.42. The van der Waals surface area contributed by atoms with Crippen molar-refractivity contribution in [1.82, 2.24) is 4.90 Å². The molecule has 1 N–H and O–H groups in total. The van der Waals surface area contributed by atoms with Gasteiger partial charge in [-0.1, -0.05) is 12.6 Å². The number of likely N-dealkylation sites (N-methyl/N-ethyl adjacent to an activating group) is 1. The van der Waals surface area contributed by atoms with Crippen LogP contribution in [0, 0.1) is 13.8 Å². The summed E-state index contributed by atoms with van der Waals surface area (Å²) in [6.07, 6.45) is 0.263. The van der Waals surface area contributed by atoms with Crippen molar-refractivity contribution in [1.29, 1.82) is 0 Å². The fourth-order valence-corrected chi connectivity index (χ4v) is 3.75. The van der Waals surface area contributed by atoms with Crippen molar-refractivity contribution in [2.45, 2.75) is 20.3 Å². The van der Waals surface area contributed by atoms with Crippen molar-refractivity contribution in [2.75, 3.05) is 51.1 Å². The molecule has 1 aliphatic rings. The van der Waals surface area contributed by atoms with E-state index in [9.17, 15) is 4.79 Å². The number of aryl methyl sites for hydroxylation is 2. The topological polar surface area (TPSA) is 54.0 Å². The quantitative estimate of drug-likeness (QED) is 0.787. The molecule has 2 aromatic rings. The predicted molar refractivity (Wildman–Crippen MR) is 122 cm³/mol. The van der Waals surface area contributed by atoms with Gasteiger partial charge in [-0.25, -0.2) is 0 Å². The van der Waals surface area contributed by atoms with Gasteiger partial charge in [-0.2, -0.15) is 0 Å². The van der Waals surface area contributed by atoms with Gasteiger partial charge in [0.1, 0.15) is 0 Å². The maximum atomic E-state index is 12.7. The van der Waals surface area contributed by atoms with Gasteiger partial charge in [-0.05, 0) is 54.8 Å². The smallest absolute Gasteiger partial charge is 0.228 e. The molecule has 1 amide bonds. The molecule has 1 heterocycles. The first-order valence-corrected chi connectivity index (χ1v) is 10.1. The maximum Gasteiger partial charge on any atom is 0.228 e. The van der Waals surface area contributed by atoms with Crippen LogP contribution in [0.5, 0.6) is 11.5 Å².